The van der Waals surface area contributed by atoms with Gasteiger partial charge in [0.25, 0.3) is 5.91 Å². The van der Waals surface area contributed by atoms with Crippen LogP contribution in [0.4, 0.5) is 11.6 Å². The first-order valence-electron chi connectivity index (χ1n) is 11.3. The van der Waals surface area contributed by atoms with Gasteiger partial charge >= 0.3 is 0 Å². The first kappa shape index (κ1) is 23.4. The summed E-state index contributed by atoms with van der Waals surface area (Å²) in [6, 6.07) is 21.5. The summed E-state index contributed by atoms with van der Waals surface area (Å²) in [4.78, 5) is 18.5. The number of hydrogen-bond acceptors (Lipinski definition) is 6. The lowest BCUT2D eigenvalue weighted by atomic mass is 9.94. The van der Waals surface area contributed by atoms with E-state index in [-0.39, 0.29) is 5.91 Å². The Balaban J connectivity index is 1.63. The lowest BCUT2D eigenvalue weighted by molar-refractivity contribution is -0.113. The van der Waals surface area contributed by atoms with Crippen LogP contribution in [0.3, 0.4) is 0 Å². The molecule has 0 fully saturated rings. The van der Waals surface area contributed by atoms with E-state index in [0.29, 0.717) is 45.3 Å². The first-order valence-corrected chi connectivity index (χ1v) is 11.7. The van der Waals surface area contributed by atoms with E-state index in [1.165, 1.54) is 0 Å². The monoisotopic (exact) mass is 501 g/mol. The molecule has 1 atom stereocenters. The molecule has 36 heavy (non-hydrogen) atoms. The fourth-order valence-electron chi connectivity index (χ4n) is 4.28. The Kier molecular flexibility index (Phi) is 6.35. The lowest BCUT2D eigenvalue weighted by Gasteiger charge is -2.29. The highest BCUT2D eigenvalue weighted by molar-refractivity contribution is 6.30. The van der Waals surface area contributed by atoms with Gasteiger partial charge in [-0.15, -0.1) is 5.10 Å². The summed E-state index contributed by atoms with van der Waals surface area (Å²) < 4.78 is 12.8. The number of hydrogen-bond donors (Lipinski definition) is 2. The van der Waals surface area contributed by atoms with Crippen molar-refractivity contribution in [1.82, 2.24) is 14.8 Å². The second-order valence-electron chi connectivity index (χ2n) is 8.17. The highest BCUT2D eigenvalue weighted by Gasteiger charge is 2.36. The van der Waals surface area contributed by atoms with E-state index in [4.69, 9.17) is 31.2 Å². The number of anilines is 2. The molecule has 1 aromatic heterocycles. The van der Waals surface area contributed by atoms with Gasteiger partial charge < -0.3 is 20.1 Å². The average molecular weight is 502 g/mol. The molecule has 1 aliphatic rings. The smallest absolute Gasteiger partial charge is 0.255 e. The first-order chi connectivity index (χ1) is 17.5. The number of nitrogens with zero attached hydrogens (tertiary/aromatic N) is 3. The molecule has 1 amide bonds. The number of carbonyl (C=O) groups is 1. The molecule has 3 aromatic carbocycles. The maximum Gasteiger partial charge on any atom is 0.255 e. The number of amides is 1. The van der Waals surface area contributed by atoms with Crippen molar-refractivity contribution in [2.45, 2.75) is 13.0 Å². The Hall–Kier alpha value is -4.30. The molecule has 1 unspecified atom stereocenters. The molecule has 8 nitrogen and oxygen atoms in total. The molecule has 0 aliphatic carbocycles. The molecule has 2 heterocycles. The van der Waals surface area contributed by atoms with E-state index in [0.717, 1.165) is 11.1 Å². The molecule has 1 aliphatic heterocycles. The van der Waals surface area contributed by atoms with Crippen molar-refractivity contribution in [2.24, 2.45) is 0 Å². The number of allylic oxidation sites excluding steroid dienone is 1. The summed E-state index contributed by atoms with van der Waals surface area (Å²) in [6.07, 6.45) is 0. The Morgan fingerprint density at radius 3 is 2.36 bits per heavy atom. The highest BCUT2D eigenvalue weighted by atomic mass is 35.5. The van der Waals surface area contributed by atoms with Crippen LogP contribution in [0.15, 0.2) is 84.1 Å². The standard InChI is InChI=1S/C27H24ClN5O3/c1-16-23(26(34)30-20-9-5-7-11-22(20)36-3)24(19-8-4-6-10-21(19)35-2)33-27(29-16)31-25(32-33)17-12-14-18(28)15-13-17/h4-15,24H,1-3H3,(H,30,34)(H,29,31,32). The second kappa shape index (κ2) is 9.75. The predicted molar refractivity (Wildman–Crippen MR) is 140 cm³/mol. The summed E-state index contributed by atoms with van der Waals surface area (Å²) in [6.45, 7) is 1.85. The number of rotatable bonds is 6. The number of benzene rings is 3. The maximum absolute atomic E-state index is 13.8. The SMILES string of the molecule is COc1ccccc1NC(=O)C1=C(C)Nc2nc(-c3ccc(Cl)cc3)nn2C1c1ccccc1OC. The number of methoxy groups -OCH3 is 2. The van der Waals surface area contributed by atoms with Crippen LogP contribution in [-0.2, 0) is 4.79 Å². The molecular formula is C27H24ClN5O3. The van der Waals surface area contributed by atoms with E-state index < -0.39 is 6.04 Å². The number of para-hydroxylation sites is 3. The van der Waals surface area contributed by atoms with Crippen molar-refractivity contribution in [2.75, 3.05) is 24.9 Å². The summed E-state index contributed by atoms with van der Waals surface area (Å²) >= 11 is 6.07. The largest absolute Gasteiger partial charge is 0.496 e. The molecule has 4 aromatic rings. The molecule has 2 N–H and O–H groups in total. The van der Waals surface area contributed by atoms with Crippen LogP contribution in [-0.4, -0.2) is 34.9 Å². The van der Waals surface area contributed by atoms with E-state index >= 15 is 0 Å². The molecule has 0 spiro atoms. The second-order valence-corrected chi connectivity index (χ2v) is 8.61. The molecule has 0 saturated heterocycles. The van der Waals surface area contributed by atoms with Crippen molar-refractivity contribution in [1.29, 1.82) is 0 Å². The van der Waals surface area contributed by atoms with E-state index in [1.807, 2.05) is 55.5 Å². The van der Waals surface area contributed by atoms with Gasteiger partial charge in [0.05, 0.1) is 25.5 Å². The fraction of sp³-hybridized carbons (Fsp3) is 0.148. The molecular weight excluding hydrogens is 478 g/mol. The van der Waals surface area contributed by atoms with Gasteiger partial charge in [-0.3, -0.25) is 4.79 Å². The minimum Gasteiger partial charge on any atom is -0.496 e. The Labute approximate surface area is 213 Å². The van der Waals surface area contributed by atoms with Gasteiger partial charge in [-0.1, -0.05) is 41.9 Å². The number of halogens is 1. The number of nitrogens with one attached hydrogen (secondary N) is 2. The van der Waals surface area contributed by atoms with Crippen LogP contribution in [0, 0.1) is 0 Å². The van der Waals surface area contributed by atoms with Crippen LogP contribution in [0.2, 0.25) is 5.02 Å². The minimum atomic E-state index is -0.597. The topological polar surface area (TPSA) is 90.3 Å². The fourth-order valence-corrected chi connectivity index (χ4v) is 4.41. The Bertz CT molecular complexity index is 1460. The van der Waals surface area contributed by atoms with Crippen LogP contribution in [0.25, 0.3) is 11.4 Å². The molecule has 0 bridgehead atoms. The summed E-state index contributed by atoms with van der Waals surface area (Å²) in [7, 11) is 3.17. The number of fused-ring (bicyclic) bond motifs is 1. The Morgan fingerprint density at radius 2 is 1.64 bits per heavy atom. The zero-order chi connectivity index (χ0) is 25.2. The number of ether oxygens (including phenoxy) is 2. The molecule has 5 rings (SSSR count). The summed E-state index contributed by atoms with van der Waals surface area (Å²) in [5.41, 5.74) is 3.28. The van der Waals surface area contributed by atoms with Gasteiger partial charge in [-0.2, -0.15) is 4.98 Å². The third-order valence-electron chi connectivity index (χ3n) is 5.99. The summed E-state index contributed by atoms with van der Waals surface area (Å²) in [5, 5.41) is 11.7. The van der Waals surface area contributed by atoms with Gasteiger partial charge in [-0.25, -0.2) is 4.68 Å². The molecule has 9 heteroatoms. The quantitative estimate of drug-likeness (QED) is 0.360. The van der Waals surface area contributed by atoms with E-state index in [1.54, 1.807) is 43.2 Å². The predicted octanol–water partition coefficient (Wildman–Crippen LogP) is 5.54. The van der Waals surface area contributed by atoms with Gasteiger partial charge in [0.15, 0.2) is 5.82 Å². The average Bonchev–Trinajstić information content (AvgIpc) is 3.32. The van der Waals surface area contributed by atoms with Crippen molar-refractivity contribution >= 4 is 29.1 Å². The number of carbonyl (C=O) groups excluding carboxylic acids is 1. The normalized spacial score (nSPS) is 14.6. The summed E-state index contributed by atoms with van der Waals surface area (Å²) in [5.74, 6) is 1.92. The van der Waals surface area contributed by atoms with E-state index in [9.17, 15) is 4.79 Å². The highest BCUT2D eigenvalue weighted by Crippen LogP contribution is 2.40. The zero-order valence-corrected chi connectivity index (χ0v) is 20.7. The van der Waals surface area contributed by atoms with Gasteiger partial charge in [0.1, 0.15) is 17.5 Å². The third-order valence-corrected chi connectivity index (χ3v) is 6.24. The third kappa shape index (κ3) is 4.27. The van der Waals surface area contributed by atoms with Gasteiger partial charge in [0, 0.05) is 21.8 Å². The maximum atomic E-state index is 13.8. The zero-order valence-electron chi connectivity index (χ0n) is 19.9. The number of aromatic nitrogens is 3. The van der Waals surface area contributed by atoms with Crippen LogP contribution in [0.1, 0.15) is 18.5 Å². The lowest BCUT2D eigenvalue weighted by Crippen LogP contribution is -2.31. The molecule has 0 radical (unpaired) electrons. The van der Waals surface area contributed by atoms with Crippen molar-refractivity contribution in [3.05, 3.63) is 94.7 Å². The van der Waals surface area contributed by atoms with Crippen LogP contribution >= 0.6 is 11.6 Å². The van der Waals surface area contributed by atoms with Crippen molar-refractivity contribution < 1.29 is 14.3 Å². The van der Waals surface area contributed by atoms with Gasteiger partial charge in [-0.05, 0) is 49.4 Å². The van der Waals surface area contributed by atoms with Crippen molar-refractivity contribution in [3.63, 3.8) is 0 Å². The van der Waals surface area contributed by atoms with Crippen molar-refractivity contribution in [3.8, 4) is 22.9 Å². The Morgan fingerprint density at radius 1 is 0.972 bits per heavy atom. The van der Waals surface area contributed by atoms with Gasteiger partial charge in [0.2, 0.25) is 5.95 Å². The van der Waals surface area contributed by atoms with Crippen LogP contribution < -0.4 is 20.1 Å². The molecule has 182 valence electrons. The minimum absolute atomic E-state index is 0.297. The van der Waals surface area contributed by atoms with Crippen LogP contribution in [0.5, 0.6) is 11.5 Å². The van der Waals surface area contributed by atoms with E-state index in [2.05, 4.69) is 10.6 Å². The molecule has 0 saturated carbocycles.